The Morgan fingerprint density at radius 2 is 2.11 bits per heavy atom. The number of hydrogen-bond donors (Lipinski definition) is 3. The maximum absolute atomic E-state index is 11.7. The summed E-state index contributed by atoms with van der Waals surface area (Å²) in [4.78, 5) is 33.8. The van der Waals surface area contributed by atoms with E-state index in [1.54, 1.807) is 12.1 Å². The fourth-order valence-electron chi connectivity index (χ4n) is 1.06. The van der Waals surface area contributed by atoms with Gasteiger partial charge in [-0.3, -0.25) is 9.59 Å². The van der Waals surface area contributed by atoms with Crippen LogP contribution in [-0.4, -0.2) is 28.9 Å². The second-order valence-corrected chi connectivity index (χ2v) is 4.59. The number of nitrogens with two attached hydrogens (primary N) is 1. The molecule has 1 rings (SSSR count). The van der Waals surface area contributed by atoms with E-state index in [0.717, 1.165) is 17.4 Å². The Morgan fingerprint density at radius 3 is 2.67 bits per heavy atom. The summed E-state index contributed by atoms with van der Waals surface area (Å²) in [5, 5.41) is 10.9. The predicted molar refractivity (Wildman–Crippen MR) is 67.1 cm³/mol. The minimum Gasteiger partial charge on any atom is -0.478 e. The van der Waals surface area contributed by atoms with E-state index in [2.05, 4.69) is 5.32 Å². The molecule has 0 saturated carbocycles. The predicted octanol–water partition coefficient (Wildman–Crippen LogP) is 0.450. The van der Waals surface area contributed by atoms with Crippen LogP contribution in [0.1, 0.15) is 21.5 Å². The third-order valence-corrected chi connectivity index (χ3v) is 3.06. The topological polar surface area (TPSA) is 109 Å². The lowest BCUT2D eigenvalue weighted by molar-refractivity contribution is -0.131. The Hall–Kier alpha value is -2.15. The summed E-state index contributed by atoms with van der Waals surface area (Å²) < 4.78 is 0. The van der Waals surface area contributed by atoms with Crippen LogP contribution in [0.15, 0.2) is 18.2 Å². The van der Waals surface area contributed by atoms with E-state index in [4.69, 9.17) is 10.8 Å². The van der Waals surface area contributed by atoms with E-state index in [9.17, 15) is 14.4 Å². The summed E-state index contributed by atoms with van der Waals surface area (Å²) in [6.07, 6.45) is 2.38. The zero-order valence-electron chi connectivity index (χ0n) is 9.54. The number of carboxylic acids is 1. The van der Waals surface area contributed by atoms with Gasteiger partial charge in [-0.15, -0.1) is 11.3 Å². The molecule has 0 fully saturated rings. The van der Waals surface area contributed by atoms with Crippen molar-refractivity contribution < 1.29 is 19.5 Å². The molecule has 0 radical (unpaired) electrons. The molecule has 0 aliphatic heterocycles. The monoisotopic (exact) mass is 268 g/mol. The van der Waals surface area contributed by atoms with Gasteiger partial charge in [-0.25, -0.2) is 4.79 Å². The lowest BCUT2D eigenvalue weighted by Crippen LogP contribution is -2.41. The summed E-state index contributed by atoms with van der Waals surface area (Å²) in [5.41, 5.74) is 5.02. The van der Waals surface area contributed by atoms with Gasteiger partial charge < -0.3 is 16.2 Å². The summed E-state index contributed by atoms with van der Waals surface area (Å²) >= 11 is 1.12. The molecule has 0 aliphatic rings. The number of aliphatic carboxylic acids is 1. The van der Waals surface area contributed by atoms with Crippen LogP contribution < -0.4 is 11.1 Å². The first-order valence-electron chi connectivity index (χ1n) is 5.01. The van der Waals surface area contributed by atoms with Gasteiger partial charge in [0.05, 0.1) is 4.88 Å². The highest BCUT2D eigenvalue weighted by molar-refractivity contribution is 7.14. The summed E-state index contributed by atoms with van der Waals surface area (Å²) in [5.74, 6) is -2.09. The second kappa shape index (κ2) is 5.97. The van der Waals surface area contributed by atoms with Crippen LogP contribution in [0.2, 0.25) is 0 Å². The minimum absolute atomic E-state index is 0.383. The van der Waals surface area contributed by atoms with E-state index in [1.165, 1.54) is 13.0 Å². The van der Waals surface area contributed by atoms with Gasteiger partial charge in [0.1, 0.15) is 6.04 Å². The number of rotatable bonds is 5. The summed E-state index contributed by atoms with van der Waals surface area (Å²) in [6.45, 7) is 1.49. The highest BCUT2D eigenvalue weighted by Gasteiger charge is 2.14. The average Bonchev–Trinajstić information content (AvgIpc) is 2.74. The van der Waals surface area contributed by atoms with Gasteiger partial charge in [0.2, 0.25) is 5.91 Å². The van der Waals surface area contributed by atoms with E-state index in [0.29, 0.717) is 9.75 Å². The van der Waals surface area contributed by atoms with Gasteiger partial charge in [0.15, 0.2) is 0 Å². The molecule has 1 aromatic heterocycles. The summed E-state index contributed by atoms with van der Waals surface area (Å²) in [7, 11) is 0. The highest BCUT2D eigenvalue weighted by atomic mass is 32.1. The average molecular weight is 268 g/mol. The van der Waals surface area contributed by atoms with Gasteiger partial charge in [-0.05, 0) is 25.1 Å². The van der Waals surface area contributed by atoms with Crippen LogP contribution in [0, 0.1) is 0 Å². The summed E-state index contributed by atoms with van der Waals surface area (Å²) in [6, 6.07) is 2.42. The third-order valence-electron chi connectivity index (χ3n) is 2.02. The quantitative estimate of drug-likeness (QED) is 0.673. The zero-order chi connectivity index (χ0) is 13.7. The first-order chi connectivity index (χ1) is 8.40. The number of primary amides is 1. The van der Waals surface area contributed by atoms with Gasteiger partial charge in [-0.2, -0.15) is 0 Å². The molecule has 4 N–H and O–H groups in total. The number of amides is 2. The number of nitrogens with one attached hydrogen (secondary N) is 1. The van der Waals surface area contributed by atoms with Gasteiger partial charge >= 0.3 is 5.97 Å². The standard InChI is InChI=1S/C11H12N2O4S/c1-6(10(12)16)13-11(17)8-4-2-7(18-8)3-5-9(14)15/h2-6H,1H3,(H2,12,16)(H,13,17)(H,14,15)/b5-3+. The molecular formula is C11H12N2O4S. The first-order valence-corrected chi connectivity index (χ1v) is 5.83. The molecule has 0 bridgehead atoms. The van der Waals surface area contributed by atoms with Crippen molar-refractivity contribution in [3.05, 3.63) is 28.0 Å². The van der Waals surface area contributed by atoms with Gasteiger partial charge in [0.25, 0.3) is 5.91 Å². The maximum Gasteiger partial charge on any atom is 0.328 e. The van der Waals surface area contributed by atoms with Crippen molar-refractivity contribution in [1.82, 2.24) is 5.32 Å². The van der Waals surface area contributed by atoms with Crippen molar-refractivity contribution in [3.63, 3.8) is 0 Å². The number of thiophene rings is 1. The molecule has 1 unspecified atom stereocenters. The molecule has 1 heterocycles. The molecule has 96 valence electrons. The number of carboxylic acid groups (broad SMARTS) is 1. The Morgan fingerprint density at radius 1 is 1.44 bits per heavy atom. The Labute approximate surface area is 107 Å². The zero-order valence-corrected chi connectivity index (χ0v) is 10.4. The molecule has 2 amide bonds. The molecular weight excluding hydrogens is 256 g/mol. The maximum atomic E-state index is 11.7. The van der Waals surface area contributed by atoms with Crippen molar-refractivity contribution in [2.75, 3.05) is 0 Å². The van der Waals surface area contributed by atoms with Crippen LogP contribution in [-0.2, 0) is 9.59 Å². The Balaban J connectivity index is 2.71. The van der Waals surface area contributed by atoms with Crippen LogP contribution >= 0.6 is 11.3 Å². The number of carbonyl (C=O) groups is 3. The lowest BCUT2D eigenvalue weighted by atomic mass is 10.3. The van der Waals surface area contributed by atoms with Crippen LogP contribution in [0.4, 0.5) is 0 Å². The molecule has 0 aromatic carbocycles. The van der Waals surface area contributed by atoms with Gasteiger partial charge in [-0.1, -0.05) is 0 Å². The van der Waals surface area contributed by atoms with Crippen molar-refractivity contribution in [2.24, 2.45) is 5.73 Å². The molecule has 1 aromatic rings. The molecule has 0 spiro atoms. The van der Waals surface area contributed by atoms with E-state index >= 15 is 0 Å². The van der Waals surface area contributed by atoms with Gasteiger partial charge in [0, 0.05) is 11.0 Å². The molecule has 0 saturated heterocycles. The van der Waals surface area contributed by atoms with Crippen molar-refractivity contribution >= 4 is 35.2 Å². The van der Waals surface area contributed by atoms with E-state index in [-0.39, 0.29) is 0 Å². The van der Waals surface area contributed by atoms with Crippen LogP contribution in [0.25, 0.3) is 6.08 Å². The van der Waals surface area contributed by atoms with Crippen molar-refractivity contribution in [2.45, 2.75) is 13.0 Å². The molecule has 1 atom stereocenters. The smallest absolute Gasteiger partial charge is 0.328 e. The number of hydrogen-bond acceptors (Lipinski definition) is 4. The molecule has 6 nitrogen and oxygen atoms in total. The van der Waals surface area contributed by atoms with E-state index < -0.39 is 23.8 Å². The first kappa shape index (κ1) is 13.9. The highest BCUT2D eigenvalue weighted by Crippen LogP contribution is 2.17. The third kappa shape index (κ3) is 4.02. The number of carbonyl (C=O) groups excluding carboxylic acids is 2. The lowest BCUT2D eigenvalue weighted by Gasteiger charge is -2.08. The SMILES string of the molecule is CC(NC(=O)c1ccc(/C=C/C(=O)O)s1)C(N)=O. The van der Waals surface area contributed by atoms with Crippen molar-refractivity contribution in [1.29, 1.82) is 0 Å². The van der Waals surface area contributed by atoms with E-state index in [1.807, 2.05) is 0 Å². The fourth-order valence-corrected chi connectivity index (χ4v) is 1.87. The molecule has 7 heteroatoms. The molecule has 18 heavy (non-hydrogen) atoms. The molecule has 0 aliphatic carbocycles. The largest absolute Gasteiger partial charge is 0.478 e. The fraction of sp³-hybridized carbons (Fsp3) is 0.182. The Kier molecular flexibility index (Phi) is 4.61. The normalized spacial score (nSPS) is 12.3. The Bertz CT molecular complexity index is 507. The van der Waals surface area contributed by atoms with Crippen LogP contribution in [0.5, 0.6) is 0 Å². The van der Waals surface area contributed by atoms with Crippen LogP contribution in [0.3, 0.4) is 0 Å². The van der Waals surface area contributed by atoms with Crippen molar-refractivity contribution in [3.8, 4) is 0 Å². The minimum atomic E-state index is -1.06. The second-order valence-electron chi connectivity index (χ2n) is 3.47.